The maximum Gasteiger partial charge on any atom is 0.0414 e. The Balaban J connectivity index is 2.40. The first kappa shape index (κ1) is 8.76. The Morgan fingerprint density at radius 2 is 2.09 bits per heavy atom. The molecule has 1 aliphatic rings. The summed E-state index contributed by atoms with van der Waals surface area (Å²) >= 11 is 0. The molecule has 1 aliphatic heterocycles. The highest BCUT2D eigenvalue weighted by Crippen LogP contribution is 2.13. The molecule has 0 radical (unpaired) electrons. The van der Waals surface area contributed by atoms with Crippen LogP contribution in [0.25, 0.3) is 0 Å². The molecule has 0 saturated heterocycles. The zero-order chi connectivity index (χ0) is 8.10. The van der Waals surface area contributed by atoms with Gasteiger partial charge in [-0.1, -0.05) is 19.8 Å². The minimum atomic E-state index is 0.808. The van der Waals surface area contributed by atoms with Crippen LogP contribution in [0.3, 0.4) is 0 Å². The van der Waals surface area contributed by atoms with Gasteiger partial charge >= 0.3 is 0 Å². The van der Waals surface area contributed by atoms with Crippen molar-refractivity contribution >= 4 is 5.71 Å². The summed E-state index contributed by atoms with van der Waals surface area (Å²) in [4.78, 5) is 4.54. The fraction of sp³-hybridized carbons (Fsp3) is 0.900. The van der Waals surface area contributed by atoms with Crippen molar-refractivity contribution in [1.29, 1.82) is 0 Å². The molecular formula is C10H19N. The molecule has 0 aromatic carbocycles. The van der Waals surface area contributed by atoms with Crippen LogP contribution in [0.15, 0.2) is 4.99 Å². The van der Waals surface area contributed by atoms with E-state index in [4.69, 9.17) is 0 Å². The molecule has 1 rings (SSSR count). The number of rotatable bonds is 0. The second-order valence-electron chi connectivity index (χ2n) is 3.78. The molecule has 0 fully saturated rings. The lowest BCUT2D eigenvalue weighted by molar-refractivity contribution is 0.510. The Hall–Kier alpha value is -0.330. The fourth-order valence-electron chi connectivity index (χ4n) is 1.53. The van der Waals surface area contributed by atoms with Crippen molar-refractivity contribution in [2.45, 2.75) is 46.0 Å². The summed E-state index contributed by atoms with van der Waals surface area (Å²) in [6.07, 6.45) is 6.76. The van der Waals surface area contributed by atoms with E-state index < -0.39 is 0 Å². The van der Waals surface area contributed by atoms with Gasteiger partial charge in [-0.15, -0.1) is 0 Å². The van der Waals surface area contributed by atoms with E-state index in [-0.39, 0.29) is 0 Å². The van der Waals surface area contributed by atoms with E-state index in [9.17, 15) is 0 Å². The van der Waals surface area contributed by atoms with Crippen LogP contribution in [0.5, 0.6) is 0 Å². The highest BCUT2D eigenvalue weighted by molar-refractivity contribution is 5.81. The molecule has 0 saturated carbocycles. The SMILES string of the molecule is CC1=NCC(C)CCCCC1. The third-order valence-electron chi connectivity index (χ3n) is 2.41. The van der Waals surface area contributed by atoms with Crippen molar-refractivity contribution in [1.82, 2.24) is 0 Å². The first-order valence-corrected chi connectivity index (χ1v) is 4.79. The van der Waals surface area contributed by atoms with Crippen molar-refractivity contribution in [3.05, 3.63) is 0 Å². The van der Waals surface area contributed by atoms with Crippen LogP contribution in [0, 0.1) is 5.92 Å². The molecule has 0 amide bonds. The summed E-state index contributed by atoms with van der Waals surface area (Å²) in [5.74, 6) is 0.808. The van der Waals surface area contributed by atoms with Crippen molar-refractivity contribution in [3.63, 3.8) is 0 Å². The number of nitrogens with zero attached hydrogens (tertiary/aromatic N) is 1. The maximum atomic E-state index is 4.54. The second kappa shape index (κ2) is 4.53. The van der Waals surface area contributed by atoms with Gasteiger partial charge in [-0.2, -0.15) is 0 Å². The third-order valence-corrected chi connectivity index (χ3v) is 2.41. The van der Waals surface area contributed by atoms with Crippen LogP contribution < -0.4 is 0 Å². The lowest BCUT2D eigenvalue weighted by atomic mass is 10.0. The van der Waals surface area contributed by atoms with Crippen LogP contribution in [0.2, 0.25) is 0 Å². The van der Waals surface area contributed by atoms with E-state index in [1.54, 1.807) is 0 Å². The van der Waals surface area contributed by atoms with Gasteiger partial charge in [0.05, 0.1) is 0 Å². The Bertz CT molecular complexity index is 138. The standard InChI is InChI=1S/C10H19N/c1-9-6-4-3-5-7-10(2)11-8-9/h9H,3-8H2,1-2H3. The summed E-state index contributed by atoms with van der Waals surface area (Å²) in [5, 5.41) is 0. The van der Waals surface area contributed by atoms with Gasteiger partial charge in [-0.05, 0) is 32.1 Å². The zero-order valence-corrected chi connectivity index (χ0v) is 7.77. The zero-order valence-electron chi connectivity index (χ0n) is 7.77. The van der Waals surface area contributed by atoms with E-state index in [2.05, 4.69) is 18.8 Å². The van der Waals surface area contributed by atoms with Gasteiger partial charge in [-0.3, -0.25) is 4.99 Å². The van der Waals surface area contributed by atoms with E-state index in [0.29, 0.717) is 0 Å². The third kappa shape index (κ3) is 3.54. The van der Waals surface area contributed by atoms with E-state index in [1.807, 2.05) is 0 Å². The molecule has 0 aromatic rings. The molecule has 1 atom stereocenters. The van der Waals surface area contributed by atoms with Gasteiger partial charge in [0.2, 0.25) is 0 Å². The highest BCUT2D eigenvalue weighted by Gasteiger charge is 2.03. The Morgan fingerprint density at radius 3 is 2.91 bits per heavy atom. The predicted octanol–water partition coefficient (Wildman–Crippen LogP) is 3.05. The predicted molar refractivity (Wildman–Crippen MR) is 50.2 cm³/mol. The minimum Gasteiger partial charge on any atom is -0.294 e. The highest BCUT2D eigenvalue weighted by atomic mass is 14.7. The lowest BCUT2D eigenvalue weighted by Crippen LogP contribution is -1.99. The number of aliphatic imine (C=N–C) groups is 1. The van der Waals surface area contributed by atoms with Crippen LogP contribution in [-0.4, -0.2) is 12.3 Å². The average Bonchev–Trinajstić information content (AvgIpc) is 2.06. The fourth-order valence-corrected chi connectivity index (χ4v) is 1.53. The summed E-state index contributed by atoms with van der Waals surface area (Å²) in [7, 11) is 0. The summed E-state index contributed by atoms with van der Waals surface area (Å²) < 4.78 is 0. The van der Waals surface area contributed by atoms with E-state index in [1.165, 1.54) is 37.8 Å². The van der Waals surface area contributed by atoms with Crippen molar-refractivity contribution in [3.8, 4) is 0 Å². The van der Waals surface area contributed by atoms with Crippen LogP contribution >= 0.6 is 0 Å². The summed E-state index contributed by atoms with van der Waals surface area (Å²) in [5.41, 5.74) is 1.36. The van der Waals surface area contributed by atoms with E-state index >= 15 is 0 Å². The normalized spacial score (nSPS) is 28.2. The van der Waals surface area contributed by atoms with Gasteiger partial charge in [-0.25, -0.2) is 0 Å². The van der Waals surface area contributed by atoms with Crippen molar-refractivity contribution < 1.29 is 0 Å². The number of hydrogen-bond donors (Lipinski definition) is 0. The average molecular weight is 153 g/mol. The Morgan fingerprint density at radius 1 is 1.27 bits per heavy atom. The van der Waals surface area contributed by atoms with Crippen LogP contribution in [-0.2, 0) is 0 Å². The lowest BCUT2D eigenvalue weighted by Gasteiger charge is -2.05. The second-order valence-corrected chi connectivity index (χ2v) is 3.78. The Kier molecular flexibility index (Phi) is 3.61. The smallest absolute Gasteiger partial charge is 0.0414 e. The molecule has 1 nitrogen and oxygen atoms in total. The quantitative estimate of drug-likeness (QED) is 0.507. The summed E-state index contributed by atoms with van der Waals surface area (Å²) in [6, 6.07) is 0. The maximum absolute atomic E-state index is 4.54. The molecule has 0 N–H and O–H groups in total. The summed E-state index contributed by atoms with van der Waals surface area (Å²) in [6.45, 7) is 5.53. The molecule has 1 heterocycles. The van der Waals surface area contributed by atoms with Crippen molar-refractivity contribution in [2.75, 3.05) is 6.54 Å². The topological polar surface area (TPSA) is 12.4 Å². The Labute approximate surface area is 69.9 Å². The first-order chi connectivity index (χ1) is 5.29. The van der Waals surface area contributed by atoms with Gasteiger partial charge in [0.1, 0.15) is 0 Å². The molecule has 0 aromatic heterocycles. The van der Waals surface area contributed by atoms with Gasteiger partial charge in [0, 0.05) is 12.3 Å². The van der Waals surface area contributed by atoms with Gasteiger partial charge < -0.3 is 0 Å². The molecular weight excluding hydrogens is 134 g/mol. The number of hydrogen-bond acceptors (Lipinski definition) is 1. The van der Waals surface area contributed by atoms with Gasteiger partial charge in [0.25, 0.3) is 0 Å². The minimum absolute atomic E-state index is 0.808. The molecule has 0 spiro atoms. The first-order valence-electron chi connectivity index (χ1n) is 4.79. The van der Waals surface area contributed by atoms with E-state index in [0.717, 1.165) is 12.5 Å². The molecule has 0 bridgehead atoms. The van der Waals surface area contributed by atoms with Crippen LogP contribution in [0.1, 0.15) is 46.0 Å². The molecule has 0 aliphatic carbocycles. The van der Waals surface area contributed by atoms with Crippen molar-refractivity contribution in [2.24, 2.45) is 10.9 Å². The largest absolute Gasteiger partial charge is 0.294 e. The monoisotopic (exact) mass is 153 g/mol. The molecule has 1 unspecified atom stereocenters. The van der Waals surface area contributed by atoms with Crippen LogP contribution in [0.4, 0.5) is 0 Å². The van der Waals surface area contributed by atoms with Gasteiger partial charge in [0.15, 0.2) is 0 Å². The molecule has 1 heteroatoms. The molecule has 64 valence electrons. The molecule has 11 heavy (non-hydrogen) atoms.